The Bertz CT molecular complexity index is 1180. The predicted octanol–water partition coefficient (Wildman–Crippen LogP) is 3.85. The molecule has 0 fully saturated rings. The van der Waals surface area contributed by atoms with Gasteiger partial charge in [0.1, 0.15) is 21.6 Å². The first kappa shape index (κ1) is 12.5. The standard InChI is InChI=1S/C17H9N5S/c1-2-4-11-8-20-12(7-10(11)3-1)16-21-9-13-14(22-16)15-17(23-13)19-6-5-18-15/h1-9H. The van der Waals surface area contributed by atoms with Crippen molar-refractivity contribution >= 4 is 42.7 Å². The molecule has 0 spiro atoms. The molecule has 23 heavy (non-hydrogen) atoms. The lowest BCUT2D eigenvalue weighted by atomic mass is 10.1. The maximum atomic E-state index is 4.67. The first-order valence-electron chi connectivity index (χ1n) is 7.10. The van der Waals surface area contributed by atoms with Gasteiger partial charge < -0.3 is 0 Å². The van der Waals surface area contributed by atoms with E-state index in [1.165, 1.54) is 0 Å². The fourth-order valence-electron chi connectivity index (χ4n) is 2.61. The summed E-state index contributed by atoms with van der Waals surface area (Å²) < 4.78 is 0.982. The van der Waals surface area contributed by atoms with Gasteiger partial charge in [0.25, 0.3) is 0 Å². The summed E-state index contributed by atoms with van der Waals surface area (Å²) in [5, 5.41) is 2.22. The summed E-state index contributed by atoms with van der Waals surface area (Å²) in [4.78, 5) is 23.2. The van der Waals surface area contributed by atoms with Crippen LogP contribution in [0.25, 0.3) is 42.9 Å². The molecule has 1 aromatic carbocycles. The maximum absolute atomic E-state index is 4.67. The molecule has 4 heterocycles. The summed E-state index contributed by atoms with van der Waals surface area (Å²) in [5.41, 5.74) is 2.41. The molecule has 0 bridgehead atoms. The molecule has 0 amide bonds. The molecule has 0 unspecified atom stereocenters. The maximum Gasteiger partial charge on any atom is 0.178 e. The van der Waals surface area contributed by atoms with Gasteiger partial charge in [-0.3, -0.25) is 4.98 Å². The first-order chi connectivity index (χ1) is 11.4. The van der Waals surface area contributed by atoms with E-state index in [9.17, 15) is 0 Å². The minimum Gasteiger partial charge on any atom is -0.252 e. The molecule has 0 atom stereocenters. The second-order valence-electron chi connectivity index (χ2n) is 5.14. The molecule has 5 nitrogen and oxygen atoms in total. The van der Waals surface area contributed by atoms with E-state index in [-0.39, 0.29) is 0 Å². The van der Waals surface area contributed by atoms with Gasteiger partial charge in [-0.05, 0) is 11.5 Å². The zero-order chi connectivity index (χ0) is 15.2. The number of pyridine rings is 1. The number of aromatic nitrogens is 5. The van der Waals surface area contributed by atoms with Crippen LogP contribution in [0, 0.1) is 0 Å². The van der Waals surface area contributed by atoms with Gasteiger partial charge in [0.15, 0.2) is 5.82 Å². The molecule has 0 aliphatic carbocycles. The van der Waals surface area contributed by atoms with E-state index >= 15 is 0 Å². The van der Waals surface area contributed by atoms with Crippen molar-refractivity contribution in [2.24, 2.45) is 0 Å². The Morgan fingerprint density at radius 1 is 0.783 bits per heavy atom. The summed E-state index contributed by atoms with van der Waals surface area (Å²) in [7, 11) is 0. The number of nitrogens with zero attached hydrogens (tertiary/aromatic N) is 5. The summed E-state index contributed by atoms with van der Waals surface area (Å²) in [5.74, 6) is 0.605. The van der Waals surface area contributed by atoms with Gasteiger partial charge in [-0.2, -0.15) is 0 Å². The smallest absolute Gasteiger partial charge is 0.178 e. The van der Waals surface area contributed by atoms with E-state index in [1.807, 2.05) is 36.7 Å². The summed E-state index contributed by atoms with van der Waals surface area (Å²) in [6, 6.07) is 10.1. The second-order valence-corrected chi connectivity index (χ2v) is 6.17. The molecule has 6 heteroatoms. The van der Waals surface area contributed by atoms with E-state index in [1.54, 1.807) is 23.7 Å². The van der Waals surface area contributed by atoms with Crippen LogP contribution < -0.4 is 0 Å². The fraction of sp³-hybridized carbons (Fsp3) is 0. The van der Waals surface area contributed by atoms with Crippen LogP contribution in [-0.2, 0) is 0 Å². The SMILES string of the molecule is c1ccc2cc(-c3ncc4sc5nccnc5c4n3)ncc2c1. The highest BCUT2D eigenvalue weighted by Gasteiger charge is 2.12. The Morgan fingerprint density at radius 2 is 1.65 bits per heavy atom. The van der Waals surface area contributed by atoms with Gasteiger partial charge in [-0.25, -0.2) is 19.9 Å². The average Bonchev–Trinajstić information content (AvgIpc) is 2.99. The Hall–Kier alpha value is -2.99. The molecule has 108 valence electrons. The minimum atomic E-state index is 0.605. The molecule has 0 saturated carbocycles. The number of hydrogen-bond donors (Lipinski definition) is 0. The van der Waals surface area contributed by atoms with Gasteiger partial charge in [-0.1, -0.05) is 24.3 Å². The lowest BCUT2D eigenvalue weighted by Crippen LogP contribution is -1.91. The van der Waals surface area contributed by atoms with Crippen molar-refractivity contribution in [3.05, 3.63) is 55.1 Å². The number of benzene rings is 1. The van der Waals surface area contributed by atoms with Crippen LogP contribution in [0.2, 0.25) is 0 Å². The quantitative estimate of drug-likeness (QED) is 0.470. The van der Waals surface area contributed by atoms with Crippen LogP contribution in [0.3, 0.4) is 0 Å². The molecule has 0 saturated heterocycles. The van der Waals surface area contributed by atoms with Crippen molar-refractivity contribution in [3.8, 4) is 11.5 Å². The van der Waals surface area contributed by atoms with Crippen molar-refractivity contribution in [1.82, 2.24) is 24.9 Å². The number of thiophene rings is 1. The lowest BCUT2D eigenvalue weighted by Gasteiger charge is -2.02. The molecule has 0 aliphatic heterocycles. The van der Waals surface area contributed by atoms with Gasteiger partial charge in [-0.15, -0.1) is 11.3 Å². The number of hydrogen-bond acceptors (Lipinski definition) is 6. The van der Waals surface area contributed by atoms with Crippen molar-refractivity contribution in [3.63, 3.8) is 0 Å². The molecule has 5 aromatic rings. The third kappa shape index (κ3) is 1.96. The molecule has 5 rings (SSSR count). The zero-order valence-corrected chi connectivity index (χ0v) is 12.7. The zero-order valence-electron chi connectivity index (χ0n) is 11.8. The summed E-state index contributed by atoms with van der Waals surface area (Å²) in [6.07, 6.45) is 7.05. The van der Waals surface area contributed by atoms with Crippen molar-refractivity contribution in [1.29, 1.82) is 0 Å². The highest BCUT2D eigenvalue weighted by Crippen LogP contribution is 2.30. The highest BCUT2D eigenvalue weighted by molar-refractivity contribution is 7.25. The van der Waals surface area contributed by atoms with Gasteiger partial charge >= 0.3 is 0 Å². The molecule has 0 N–H and O–H groups in total. The Labute approximate surface area is 134 Å². The highest BCUT2D eigenvalue weighted by atomic mass is 32.1. The number of rotatable bonds is 1. The number of fused-ring (bicyclic) bond motifs is 4. The van der Waals surface area contributed by atoms with Crippen LogP contribution in [0.5, 0.6) is 0 Å². The molecular formula is C17H9N5S. The topological polar surface area (TPSA) is 64.5 Å². The summed E-state index contributed by atoms with van der Waals surface area (Å²) in [6.45, 7) is 0. The predicted molar refractivity (Wildman–Crippen MR) is 91.2 cm³/mol. The Balaban J connectivity index is 1.76. The van der Waals surface area contributed by atoms with E-state index < -0.39 is 0 Å². The van der Waals surface area contributed by atoms with Crippen LogP contribution in [0.1, 0.15) is 0 Å². The monoisotopic (exact) mass is 315 g/mol. The second kappa shape index (κ2) is 4.76. The van der Waals surface area contributed by atoms with E-state index in [4.69, 9.17) is 0 Å². The normalized spacial score (nSPS) is 11.5. The van der Waals surface area contributed by atoms with Crippen molar-refractivity contribution in [2.75, 3.05) is 0 Å². The first-order valence-corrected chi connectivity index (χ1v) is 7.91. The molecule has 4 aromatic heterocycles. The third-order valence-electron chi connectivity index (χ3n) is 3.71. The van der Waals surface area contributed by atoms with Gasteiger partial charge in [0.2, 0.25) is 0 Å². The molecule has 0 aliphatic rings. The van der Waals surface area contributed by atoms with Crippen molar-refractivity contribution < 1.29 is 0 Å². The molecular weight excluding hydrogens is 306 g/mol. The average molecular weight is 315 g/mol. The van der Waals surface area contributed by atoms with Crippen LogP contribution in [0.4, 0.5) is 0 Å². The van der Waals surface area contributed by atoms with Crippen LogP contribution in [0.15, 0.2) is 55.1 Å². The van der Waals surface area contributed by atoms with Crippen LogP contribution in [-0.4, -0.2) is 24.9 Å². The van der Waals surface area contributed by atoms with E-state index in [0.29, 0.717) is 5.82 Å². The molecule has 0 radical (unpaired) electrons. The van der Waals surface area contributed by atoms with Crippen molar-refractivity contribution in [2.45, 2.75) is 0 Å². The van der Waals surface area contributed by atoms with E-state index in [0.717, 1.165) is 37.0 Å². The fourth-order valence-corrected chi connectivity index (χ4v) is 3.52. The Morgan fingerprint density at radius 3 is 2.61 bits per heavy atom. The van der Waals surface area contributed by atoms with Gasteiger partial charge in [0, 0.05) is 30.2 Å². The largest absolute Gasteiger partial charge is 0.252 e. The van der Waals surface area contributed by atoms with Crippen LogP contribution >= 0.6 is 11.3 Å². The third-order valence-corrected chi connectivity index (χ3v) is 4.72. The summed E-state index contributed by atoms with van der Waals surface area (Å²) >= 11 is 1.55. The van der Waals surface area contributed by atoms with Gasteiger partial charge in [0.05, 0.1) is 4.70 Å². The van der Waals surface area contributed by atoms with E-state index in [2.05, 4.69) is 31.0 Å². The minimum absolute atomic E-state index is 0.605. The Kier molecular flexibility index (Phi) is 2.59. The lowest BCUT2D eigenvalue weighted by molar-refractivity contribution is 1.19.